The molecule has 100 valence electrons. The summed E-state index contributed by atoms with van der Waals surface area (Å²) in [5.74, 6) is 0.570. The Morgan fingerprint density at radius 2 is 1.26 bits per heavy atom. The molecule has 0 saturated heterocycles. The Kier molecular flexibility index (Phi) is 4.61. The molecule has 0 bridgehead atoms. The minimum atomic E-state index is -2.48. The first-order chi connectivity index (χ1) is 9.13. The zero-order chi connectivity index (χ0) is 13.7. The molecule has 0 aromatic heterocycles. The molecule has 2 aromatic carbocycles. The molecule has 0 unspecified atom stereocenters. The van der Waals surface area contributed by atoms with Crippen LogP contribution in [0.25, 0.3) is 0 Å². The molecule has 0 N–H and O–H groups in total. The molecule has 19 heavy (non-hydrogen) atoms. The first-order valence-corrected chi connectivity index (χ1v) is 8.72. The zero-order valence-electron chi connectivity index (χ0n) is 11.6. The first kappa shape index (κ1) is 14.1. The summed E-state index contributed by atoms with van der Waals surface area (Å²) < 4.78 is 13.5. The molecule has 0 aliphatic carbocycles. The van der Waals surface area contributed by atoms with Crippen molar-refractivity contribution >= 4 is 17.8 Å². The quantitative estimate of drug-likeness (QED) is 0.751. The summed E-state index contributed by atoms with van der Waals surface area (Å²) in [5, 5.41) is 1.95. The lowest BCUT2D eigenvalue weighted by molar-refractivity contribution is 0.573. The minimum absolute atomic E-state index is 0.570. The Hall–Kier alpha value is -1.33. The van der Waals surface area contributed by atoms with E-state index in [1.54, 1.807) is 0 Å². The summed E-state index contributed by atoms with van der Waals surface area (Å²) in [6, 6.07) is 19.8. The van der Waals surface area contributed by atoms with Gasteiger partial charge in [-0.05, 0) is 12.3 Å². The van der Waals surface area contributed by atoms with E-state index in [1.807, 2.05) is 60.7 Å². The number of rotatable bonds is 5. The molecule has 2 rings (SSSR count). The Balaban J connectivity index is 2.42. The Bertz CT molecular complexity index is 502. The van der Waals surface area contributed by atoms with Crippen LogP contribution < -0.4 is 10.6 Å². The second kappa shape index (κ2) is 6.21. The zero-order valence-corrected chi connectivity index (χ0v) is 12.5. The van der Waals surface area contributed by atoms with Crippen LogP contribution in [0.15, 0.2) is 60.7 Å². The van der Waals surface area contributed by atoms with E-state index in [2.05, 4.69) is 13.8 Å². The normalized spacial score (nSPS) is 11.7. The van der Waals surface area contributed by atoms with E-state index < -0.39 is 7.14 Å². The number of hydrogen-bond donors (Lipinski definition) is 0. The minimum Gasteiger partial charge on any atom is -0.314 e. The summed E-state index contributed by atoms with van der Waals surface area (Å²) in [5.41, 5.74) is 0. The maximum atomic E-state index is 13.5. The molecule has 0 saturated carbocycles. The van der Waals surface area contributed by atoms with Gasteiger partial charge in [-0.2, -0.15) is 0 Å². The van der Waals surface area contributed by atoms with Gasteiger partial charge in [-0.15, -0.1) is 0 Å². The largest absolute Gasteiger partial charge is 0.314 e. The van der Waals surface area contributed by atoms with Gasteiger partial charge in [0, 0.05) is 16.8 Å². The highest BCUT2D eigenvalue weighted by Gasteiger charge is 2.26. The third-order valence-corrected chi connectivity index (χ3v) is 6.52. The van der Waals surface area contributed by atoms with Crippen molar-refractivity contribution in [2.45, 2.75) is 20.3 Å². The topological polar surface area (TPSA) is 17.1 Å². The third kappa shape index (κ3) is 3.36. The predicted molar refractivity (Wildman–Crippen MR) is 84.1 cm³/mol. The van der Waals surface area contributed by atoms with Crippen molar-refractivity contribution in [3.63, 3.8) is 0 Å². The van der Waals surface area contributed by atoms with Crippen LogP contribution in [0.5, 0.6) is 0 Å². The fourth-order valence-corrected chi connectivity index (χ4v) is 5.19. The predicted octanol–water partition coefficient (Wildman–Crippen LogP) is 4.05. The second-order valence-electron chi connectivity index (χ2n) is 5.32. The van der Waals surface area contributed by atoms with Crippen molar-refractivity contribution < 1.29 is 4.57 Å². The van der Waals surface area contributed by atoms with Crippen molar-refractivity contribution in [3.05, 3.63) is 60.7 Å². The maximum Gasteiger partial charge on any atom is 0.143 e. The van der Waals surface area contributed by atoms with Crippen LogP contribution in [0.1, 0.15) is 20.3 Å². The molecule has 0 aliphatic heterocycles. The van der Waals surface area contributed by atoms with Crippen LogP contribution in [-0.4, -0.2) is 6.16 Å². The molecule has 0 amide bonds. The summed E-state index contributed by atoms with van der Waals surface area (Å²) in [6.07, 6.45) is 1.74. The highest BCUT2D eigenvalue weighted by molar-refractivity contribution is 7.78. The molecular formula is C17H21OP. The highest BCUT2D eigenvalue weighted by atomic mass is 31.2. The summed E-state index contributed by atoms with van der Waals surface area (Å²) in [6.45, 7) is 4.36. The van der Waals surface area contributed by atoms with Crippen molar-refractivity contribution in [2.24, 2.45) is 5.92 Å². The summed E-state index contributed by atoms with van der Waals surface area (Å²) in [4.78, 5) is 0. The molecule has 1 nitrogen and oxygen atoms in total. The molecule has 0 radical (unpaired) electrons. The van der Waals surface area contributed by atoms with Crippen LogP contribution >= 0.6 is 7.14 Å². The van der Waals surface area contributed by atoms with Crippen LogP contribution in [0, 0.1) is 5.92 Å². The van der Waals surface area contributed by atoms with Gasteiger partial charge in [0.2, 0.25) is 0 Å². The second-order valence-corrected chi connectivity index (χ2v) is 8.28. The van der Waals surface area contributed by atoms with E-state index in [1.165, 1.54) is 0 Å². The van der Waals surface area contributed by atoms with E-state index in [4.69, 9.17) is 0 Å². The van der Waals surface area contributed by atoms with Gasteiger partial charge in [-0.25, -0.2) is 0 Å². The number of benzene rings is 2. The van der Waals surface area contributed by atoms with Gasteiger partial charge in [0.25, 0.3) is 0 Å². The van der Waals surface area contributed by atoms with Crippen LogP contribution in [-0.2, 0) is 4.57 Å². The lowest BCUT2D eigenvalue weighted by Gasteiger charge is -2.20. The van der Waals surface area contributed by atoms with Gasteiger partial charge in [0.1, 0.15) is 7.14 Å². The van der Waals surface area contributed by atoms with Crippen LogP contribution in [0.2, 0.25) is 0 Å². The maximum absolute atomic E-state index is 13.5. The van der Waals surface area contributed by atoms with Crippen molar-refractivity contribution in [3.8, 4) is 0 Å². The van der Waals surface area contributed by atoms with E-state index in [-0.39, 0.29) is 0 Å². The smallest absolute Gasteiger partial charge is 0.143 e. The molecular weight excluding hydrogens is 251 g/mol. The number of hydrogen-bond acceptors (Lipinski definition) is 1. The molecule has 0 spiro atoms. The molecule has 2 heteroatoms. The van der Waals surface area contributed by atoms with Gasteiger partial charge in [-0.3, -0.25) is 0 Å². The Morgan fingerprint density at radius 3 is 1.63 bits per heavy atom. The standard InChI is InChI=1S/C17H21OP/c1-15(2)13-14-19(18,16-9-5-3-6-10-16)17-11-7-4-8-12-17/h3-12,15H,13-14H2,1-2H3. The fourth-order valence-electron chi connectivity index (χ4n) is 2.18. The van der Waals surface area contributed by atoms with Gasteiger partial charge < -0.3 is 4.57 Å². The van der Waals surface area contributed by atoms with E-state index in [0.29, 0.717) is 5.92 Å². The van der Waals surface area contributed by atoms with E-state index in [0.717, 1.165) is 23.2 Å². The molecule has 0 aliphatic rings. The van der Waals surface area contributed by atoms with Crippen molar-refractivity contribution in [1.82, 2.24) is 0 Å². The van der Waals surface area contributed by atoms with Gasteiger partial charge in [-0.1, -0.05) is 74.5 Å². The van der Waals surface area contributed by atoms with E-state index in [9.17, 15) is 4.57 Å². The third-order valence-electron chi connectivity index (χ3n) is 3.37. The van der Waals surface area contributed by atoms with Crippen LogP contribution in [0.4, 0.5) is 0 Å². The molecule has 0 heterocycles. The lowest BCUT2D eigenvalue weighted by atomic mass is 10.2. The van der Waals surface area contributed by atoms with Crippen molar-refractivity contribution in [2.75, 3.05) is 6.16 Å². The summed E-state index contributed by atoms with van der Waals surface area (Å²) in [7, 11) is -2.48. The van der Waals surface area contributed by atoms with Gasteiger partial charge in [0.05, 0.1) is 0 Å². The average molecular weight is 272 g/mol. The molecule has 0 fully saturated rings. The average Bonchev–Trinajstić information content (AvgIpc) is 2.46. The van der Waals surface area contributed by atoms with Gasteiger partial charge in [0.15, 0.2) is 0 Å². The van der Waals surface area contributed by atoms with Gasteiger partial charge >= 0.3 is 0 Å². The lowest BCUT2D eigenvalue weighted by Crippen LogP contribution is -2.19. The van der Waals surface area contributed by atoms with E-state index >= 15 is 0 Å². The highest BCUT2D eigenvalue weighted by Crippen LogP contribution is 2.44. The Morgan fingerprint density at radius 1 is 0.842 bits per heavy atom. The Labute approximate surface area is 116 Å². The molecule has 2 aromatic rings. The summed E-state index contributed by atoms with van der Waals surface area (Å²) >= 11 is 0. The van der Waals surface area contributed by atoms with Crippen molar-refractivity contribution in [1.29, 1.82) is 0 Å². The monoisotopic (exact) mass is 272 g/mol. The fraction of sp³-hybridized carbons (Fsp3) is 0.294. The first-order valence-electron chi connectivity index (χ1n) is 6.83. The SMILES string of the molecule is CC(C)CCP(=O)(c1ccccc1)c1ccccc1. The molecule has 0 atom stereocenters. The van der Waals surface area contributed by atoms with Crippen LogP contribution in [0.3, 0.4) is 0 Å².